The predicted molar refractivity (Wildman–Crippen MR) is 90.0 cm³/mol. The number of thioether (sulfide) groups is 1. The Labute approximate surface area is 127 Å². The largest absolute Gasteiger partial charge is 0.302 e. The number of hydrogen-bond acceptors (Lipinski definition) is 3. The Morgan fingerprint density at radius 3 is 2.35 bits per heavy atom. The van der Waals surface area contributed by atoms with E-state index in [1.807, 2.05) is 37.7 Å². The molecule has 1 rings (SSSR count). The Kier molecular flexibility index (Phi) is 7.31. The van der Waals surface area contributed by atoms with E-state index in [9.17, 15) is 4.79 Å². The van der Waals surface area contributed by atoms with Crippen LogP contribution < -0.4 is 0 Å². The maximum atomic E-state index is 12.3. The van der Waals surface area contributed by atoms with Crippen molar-refractivity contribution in [1.29, 1.82) is 0 Å². The van der Waals surface area contributed by atoms with Gasteiger partial charge in [-0.1, -0.05) is 24.1 Å². The number of Topliss-reactive ketones (excluding diaryl/α,β-unsaturated/α-hetero) is 1. The van der Waals surface area contributed by atoms with Gasteiger partial charge < -0.3 is 4.90 Å². The van der Waals surface area contributed by atoms with Crippen LogP contribution >= 0.6 is 11.8 Å². The first-order valence-electron chi connectivity index (χ1n) is 7.28. The molecule has 0 spiro atoms. The van der Waals surface area contributed by atoms with Gasteiger partial charge in [-0.15, -0.1) is 0 Å². The summed E-state index contributed by atoms with van der Waals surface area (Å²) >= 11 is 1.87. The molecule has 0 fully saturated rings. The van der Waals surface area contributed by atoms with Gasteiger partial charge >= 0.3 is 0 Å². The normalized spacial score (nSPS) is 12.7. The first kappa shape index (κ1) is 17.3. The van der Waals surface area contributed by atoms with Crippen molar-refractivity contribution in [3.63, 3.8) is 0 Å². The molecule has 0 aliphatic carbocycles. The quantitative estimate of drug-likeness (QED) is 0.677. The predicted octanol–water partition coefficient (Wildman–Crippen LogP) is 3.95. The molecule has 2 nitrogen and oxygen atoms in total. The van der Waals surface area contributed by atoms with Crippen LogP contribution in [-0.4, -0.2) is 42.3 Å². The molecule has 20 heavy (non-hydrogen) atoms. The van der Waals surface area contributed by atoms with Crippen LogP contribution in [0.4, 0.5) is 0 Å². The lowest BCUT2D eigenvalue weighted by Crippen LogP contribution is -2.34. The van der Waals surface area contributed by atoms with E-state index in [4.69, 9.17) is 0 Å². The number of hydrogen-bond donors (Lipinski definition) is 0. The van der Waals surface area contributed by atoms with E-state index in [1.165, 1.54) is 0 Å². The van der Waals surface area contributed by atoms with Gasteiger partial charge in [-0.05, 0) is 45.7 Å². The number of carbonyl (C=O) groups excluding carboxylic acids is 1. The monoisotopic (exact) mass is 293 g/mol. The number of nitrogens with zero attached hydrogens (tertiary/aromatic N) is 1. The highest BCUT2D eigenvalue weighted by atomic mass is 32.2. The van der Waals surface area contributed by atoms with Gasteiger partial charge in [0.05, 0.1) is 0 Å². The first-order valence-corrected chi connectivity index (χ1v) is 8.68. The minimum Gasteiger partial charge on any atom is -0.302 e. The van der Waals surface area contributed by atoms with Crippen molar-refractivity contribution in [3.8, 4) is 0 Å². The molecule has 1 aromatic carbocycles. The zero-order valence-corrected chi connectivity index (χ0v) is 14.2. The summed E-state index contributed by atoms with van der Waals surface area (Å²) in [5.41, 5.74) is 3.18. The molecule has 0 amide bonds. The Bertz CT molecular complexity index is 424. The molecule has 0 saturated carbocycles. The molecule has 3 heteroatoms. The fourth-order valence-electron chi connectivity index (χ4n) is 2.49. The highest BCUT2D eigenvalue weighted by molar-refractivity contribution is 7.98. The van der Waals surface area contributed by atoms with Crippen LogP contribution in [0.2, 0.25) is 0 Å². The van der Waals surface area contributed by atoms with E-state index in [0.29, 0.717) is 12.5 Å². The van der Waals surface area contributed by atoms with E-state index >= 15 is 0 Å². The molecule has 0 heterocycles. The third-order valence-electron chi connectivity index (χ3n) is 3.69. The lowest BCUT2D eigenvalue weighted by Gasteiger charge is -2.26. The van der Waals surface area contributed by atoms with E-state index in [1.54, 1.807) is 0 Å². The van der Waals surface area contributed by atoms with Crippen LogP contribution in [-0.2, 0) is 0 Å². The average Bonchev–Trinajstić information content (AvgIpc) is 2.40. The third-order valence-corrected chi connectivity index (χ3v) is 4.41. The lowest BCUT2D eigenvalue weighted by molar-refractivity contribution is 0.0962. The van der Waals surface area contributed by atoms with Crippen molar-refractivity contribution in [2.24, 2.45) is 0 Å². The number of rotatable bonds is 8. The van der Waals surface area contributed by atoms with Gasteiger partial charge in [0.25, 0.3) is 0 Å². The van der Waals surface area contributed by atoms with Crippen LogP contribution in [0.25, 0.3) is 0 Å². The molecule has 112 valence electrons. The number of benzene rings is 1. The second-order valence-electron chi connectivity index (χ2n) is 5.55. The van der Waals surface area contributed by atoms with Crippen LogP contribution in [0.15, 0.2) is 18.2 Å². The summed E-state index contributed by atoms with van der Waals surface area (Å²) in [5, 5.41) is 0. The molecule has 0 N–H and O–H groups in total. The van der Waals surface area contributed by atoms with Crippen molar-refractivity contribution in [3.05, 3.63) is 34.9 Å². The molecule has 1 aromatic rings. The number of aryl methyl sites for hydroxylation is 2. The van der Waals surface area contributed by atoms with Crippen molar-refractivity contribution in [1.82, 2.24) is 4.90 Å². The minimum atomic E-state index is 0.252. The van der Waals surface area contributed by atoms with Crippen molar-refractivity contribution in [2.45, 2.75) is 39.7 Å². The standard InChI is InChI=1S/C17H27NOS/c1-6-16(12-20-5)18(4)8-7-17(19)15-10-13(2)9-14(3)11-15/h9-11,16H,6-8,12H2,1-5H3. The van der Waals surface area contributed by atoms with Gasteiger partial charge in [0.15, 0.2) is 5.78 Å². The van der Waals surface area contributed by atoms with E-state index < -0.39 is 0 Å². The first-order chi connectivity index (χ1) is 9.47. The molecule has 1 atom stereocenters. The fraction of sp³-hybridized carbons (Fsp3) is 0.588. The third kappa shape index (κ3) is 5.29. The summed E-state index contributed by atoms with van der Waals surface area (Å²) in [5.74, 6) is 1.38. The molecule has 1 unspecified atom stereocenters. The Hall–Kier alpha value is -0.800. The summed E-state index contributed by atoms with van der Waals surface area (Å²) in [6, 6.07) is 6.66. The van der Waals surface area contributed by atoms with Gasteiger partial charge in [0.1, 0.15) is 0 Å². The lowest BCUT2D eigenvalue weighted by atomic mass is 10.0. The minimum absolute atomic E-state index is 0.252. The zero-order valence-electron chi connectivity index (χ0n) is 13.4. The maximum Gasteiger partial charge on any atom is 0.164 e. The summed E-state index contributed by atoms with van der Waals surface area (Å²) in [4.78, 5) is 14.6. The van der Waals surface area contributed by atoms with Crippen molar-refractivity contribution in [2.75, 3.05) is 25.6 Å². The molecule has 0 aliphatic rings. The molecular weight excluding hydrogens is 266 g/mol. The molecular formula is C17H27NOS. The number of ketones is 1. The molecule has 0 saturated heterocycles. The van der Waals surface area contributed by atoms with E-state index in [0.717, 1.165) is 35.4 Å². The van der Waals surface area contributed by atoms with Gasteiger partial charge in [-0.3, -0.25) is 4.79 Å². The topological polar surface area (TPSA) is 20.3 Å². The van der Waals surface area contributed by atoms with Gasteiger partial charge in [0.2, 0.25) is 0 Å². The average molecular weight is 293 g/mol. The molecule has 0 aromatic heterocycles. The summed E-state index contributed by atoms with van der Waals surface area (Å²) in [6.07, 6.45) is 3.87. The molecule has 0 radical (unpaired) electrons. The van der Waals surface area contributed by atoms with E-state index in [-0.39, 0.29) is 5.78 Å². The fourth-order valence-corrected chi connectivity index (χ4v) is 3.36. The summed E-state index contributed by atoms with van der Waals surface area (Å²) < 4.78 is 0. The summed E-state index contributed by atoms with van der Waals surface area (Å²) in [7, 11) is 2.12. The SMILES string of the molecule is CCC(CSC)N(C)CCC(=O)c1cc(C)cc(C)c1. The zero-order chi connectivity index (χ0) is 15.1. The van der Waals surface area contributed by atoms with Gasteiger partial charge in [0, 0.05) is 30.3 Å². The second-order valence-corrected chi connectivity index (χ2v) is 6.46. The second kappa shape index (κ2) is 8.48. The molecule has 0 aliphatic heterocycles. The summed E-state index contributed by atoms with van der Waals surface area (Å²) in [6.45, 7) is 7.14. The van der Waals surface area contributed by atoms with Crippen LogP contribution in [0, 0.1) is 13.8 Å². The van der Waals surface area contributed by atoms with Gasteiger partial charge in [-0.25, -0.2) is 0 Å². The van der Waals surface area contributed by atoms with Crippen LogP contribution in [0.3, 0.4) is 0 Å². The molecule has 0 bridgehead atoms. The van der Waals surface area contributed by atoms with Crippen molar-refractivity contribution >= 4 is 17.5 Å². The highest BCUT2D eigenvalue weighted by Gasteiger charge is 2.14. The Morgan fingerprint density at radius 2 is 1.85 bits per heavy atom. The van der Waals surface area contributed by atoms with Gasteiger partial charge in [-0.2, -0.15) is 11.8 Å². The Balaban J connectivity index is 2.58. The highest BCUT2D eigenvalue weighted by Crippen LogP contribution is 2.13. The van der Waals surface area contributed by atoms with Crippen molar-refractivity contribution < 1.29 is 4.79 Å². The maximum absolute atomic E-state index is 12.3. The van der Waals surface area contributed by atoms with Crippen LogP contribution in [0.5, 0.6) is 0 Å². The smallest absolute Gasteiger partial charge is 0.164 e. The van der Waals surface area contributed by atoms with E-state index in [2.05, 4.69) is 31.2 Å². The Morgan fingerprint density at radius 1 is 1.25 bits per heavy atom. The number of carbonyl (C=O) groups is 1. The van der Waals surface area contributed by atoms with Crippen LogP contribution in [0.1, 0.15) is 41.3 Å².